The summed E-state index contributed by atoms with van der Waals surface area (Å²) in [6, 6.07) is 13.0. The third-order valence-electron chi connectivity index (χ3n) is 3.97. The summed E-state index contributed by atoms with van der Waals surface area (Å²) in [5.74, 6) is 0. The molecule has 22 heavy (non-hydrogen) atoms. The van der Waals surface area contributed by atoms with Crippen LogP contribution < -0.4 is 4.72 Å². The summed E-state index contributed by atoms with van der Waals surface area (Å²) in [6.45, 7) is 7.89. The van der Waals surface area contributed by atoms with E-state index in [2.05, 4.69) is 4.72 Å². The van der Waals surface area contributed by atoms with Gasteiger partial charge in [-0.05, 0) is 56.0 Å². The quantitative estimate of drug-likeness (QED) is 0.904. The zero-order chi connectivity index (χ0) is 16.3. The molecule has 3 nitrogen and oxygen atoms in total. The van der Waals surface area contributed by atoms with Crippen molar-refractivity contribution >= 4 is 10.0 Å². The van der Waals surface area contributed by atoms with Gasteiger partial charge < -0.3 is 0 Å². The van der Waals surface area contributed by atoms with Gasteiger partial charge in [0.15, 0.2) is 0 Å². The Labute approximate surface area is 133 Å². The fourth-order valence-corrected chi connectivity index (χ4v) is 3.71. The topological polar surface area (TPSA) is 46.2 Å². The maximum absolute atomic E-state index is 12.6. The molecule has 0 saturated carbocycles. The molecule has 0 aliphatic heterocycles. The van der Waals surface area contributed by atoms with Crippen molar-refractivity contribution in [2.45, 2.75) is 45.1 Å². The highest BCUT2D eigenvalue weighted by molar-refractivity contribution is 7.89. The standard InChI is InChI=1S/C18H23NO2S/c1-5-18(16-9-6-13(2)7-10-16)19-22(20,21)17-11-8-14(3)15(4)12-17/h6-12,18-19H,5H2,1-4H3/t18-/m1/s1. The first-order chi connectivity index (χ1) is 10.3. The van der Waals surface area contributed by atoms with Gasteiger partial charge in [-0.1, -0.05) is 42.8 Å². The number of hydrogen-bond donors (Lipinski definition) is 1. The lowest BCUT2D eigenvalue weighted by atomic mass is 10.0. The second kappa shape index (κ2) is 6.63. The van der Waals surface area contributed by atoms with Gasteiger partial charge in [-0.2, -0.15) is 0 Å². The number of benzene rings is 2. The molecule has 0 aromatic heterocycles. The minimum Gasteiger partial charge on any atom is -0.207 e. The largest absolute Gasteiger partial charge is 0.241 e. The van der Waals surface area contributed by atoms with Gasteiger partial charge in [-0.15, -0.1) is 0 Å². The van der Waals surface area contributed by atoms with Crippen LogP contribution in [0.4, 0.5) is 0 Å². The number of nitrogens with one attached hydrogen (secondary N) is 1. The fourth-order valence-electron chi connectivity index (χ4n) is 2.32. The smallest absolute Gasteiger partial charge is 0.207 e. The average Bonchev–Trinajstić information content (AvgIpc) is 2.48. The van der Waals surface area contributed by atoms with Crippen LogP contribution in [0, 0.1) is 20.8 Å². The predicted molar refractivity (Wildman–Crippen MR) is 90.4 cm³/mol. The third kappa shape index (κ3) is 3.76. The SMILES string of the molecule is CC[C@@H](NS(=O)(=O)c1ccc(C)c(C)c1)c1ccc(C)cc1. The van der Waals surface area contributed by atoms with Crippen molar-refractivity contribution in [3.8, 4) is 0 Å². The monoisotopic (exact) mass is 317 g/mol. The lowest BCUT2D eigenvalue weighted by molar-refractivity contribution is 0.550. The molecule has 0 bridgehead atoms. The van der Waals surface area contributed by atoms with E-state index in [1.54, 1.807) is 12.1 Å². The molecule has 2 rings (SSSR count). The first-order valence-electron chi connectivity index (χ1n) is 7.49. The molecule has 0 aliphatic carbocycles. The van der Waals surface area contributed by atoms with Crippen LogP contribution in [-0.4, -0.2) is 8.42 Å². The molecule has 0 spiro atoms. The highest BCUT2D eigenvalue weighted by atomic mass is 32.2. The van der Waals surface area contributed by atoms with E-state index in [4.69, 9.17) is 0 Å². The zero-order valence-corrected chi connectivity index (χ0v) is 14.4. The Morgan fingerprint density at radius 3 is 2.14 bits per heavy atom. The van der Waals surface area contributed by atoms with Crippen molar-refractivity contribution in [2.75, 3.05) is 0 Å². The normalized spacial score (nSPS) is 13.1. The Morgan fingerprint density at radius 2 is 1.59 bits per heavy atom. The van der Waals surface area contributed by atoms with Crippen molar-refractivity contribution in [3.05, 3.63) is 64.7 Å². The van der Waals surface area contributed by atoms with Crippen LogP contribution in [0.2, 0.25) is 0 Å². The summed E-state index contributed by atoms with van der Waals surface area (Å²) >= 11 is 0. The van der Waals surface area contributed by atoms with E-state index in [0.717, 1.165) is 22.3 Å². The molecule has 0 heterocycles. The van der Waals surface area contributed by atoms with Crippen LogP contribution in [0.25, 0.3) is 0 Å². The van der Waals surface area contributed by atoms with E-state index in [1.165, 1.54) is 0 Å². The van der Waals surface area contributed by atoms with E-state index in [-0.39, 0.29) is 6.04 Å². The fraction of sp³-hybridized carbons (Fsp3) is 0.333. The van der Waals surface area contributed by atoms with E-state index < -0.39 is 10.0 Å². The molecule has 0 unspecified atom stereocenters. The molecule has 0 fully saturated rings. The lowest BCUT2D eigenvalue weighted by Gasteiger charge is -2.18. The third-order valence-corrected chi connectivity index (χ3v) is 5.44. The molecule has 2 aromatic carbocycles. The lowest BCUT2D eigenvalue weighted by Crippen LogP contribution is -2.28. The summed E-state index contributed by atoms with van der Waals surface area (Å²) in [6.07, 6.45) is 0.702. The van der Waals surface area contributed by atoms with Gasteiger partial charge in [0.1, 0.15) is 0 Å². The zero-order valence-electron chi connectivity index (χ0n) is 13.6. The summed E-state index contributed by atoms with van der Waals surface area (Å²) in [5.41, 5.74) is 4.21. The van der Waals surface area contributed by atoms with E-state index in [0.29, 0.717) is 11.3 Å². The van der Waals surface area contributed by atoms with Crippen LogP contribution in [0.3, 0.4) is 0 Å². The van der Waals surface area contributed by atoms with Gasteiger partial charge in [0.05, 0.1) is 4.90 Å². The van der Waals surface area contributed by atoms with Crippen LogP contribution in [-0.2, 0) is 10.0 Å². The Morgan fingerprint density at radius 1 is 0.955 bits per heavy atom. The van der Waals surface area contributed by atoms with Crippen LogP contribution >= 0.6 is 0 Å². The van der Waals surface area contributed by atoms with Crippen LogP contribution in [0.1, 0.15) is 41.6 Å². The molecule has 0 aliphatic rings. The highest BCUT2D eigenvalue weighted by Crippen LogP contribution is 2.22. The van der Waals surface area contributed by atoms with E-state index in [9.17, 15) is 8.42 Å². The molecule has 1 atom stereocenters. The van der Waals surface area contributed by atoms with Crippen LogP contribution in [0.5, 0.6) is 0 Å². The summed E-state index contributed by atoms with van der Waals surface area (Å²) in [5, 5.41) is 0. The number of sulfonamides is 1. The number of aryl methyl sites for hydroxylation is 3. The average molecular weight is 317 g/mol. The first-order valence-corrected chi connectivity index (χ1v) is 8.98. The summed E-state index contributed by atoms with van der Waals surface area (Å²) in [7, 11) is -3.52. The minimum atomic E-state index is -3.52. The van der Waals surface area contributed by atoms with Gasteiger partial charge in [0.2, 0.25) is 10.0 Å². The van der Waals surface area contributed by atoms with Gasteiger partial charge in [-0.25, -0.2) is 13.1 Å². The van der Waals surface area contributed by atoms with E-state index >= 15 is 0 Å². The van der Waals surface area contributed by atoms with Crippen molar-refractivity contribution in [3.63, 3.8) is 0 Å². The summed E-state index contributed by atoms with van der Waals surface area (Å²) in [4.78, 5) is 0.321. The maximum Gasteiger partial charge on any atom is 0.241 e. The van der Waals surface area contributed by atoms with Crippen molar-refractivity contribution in [2.24, 2.45) is 0 Å². The Kier molecular flexibility index (Phi) is 5.04. The Balaban J connectivity index is 2.29. The molecule has 118 valence electrons. The molecule has 0 saturated heterocycles. The van der Waals surface area contributed by atoms with Gasteiger partial charge in [0.25, 0.3) is 0 Å². The second-order valence-electron chi connectivity index (χ2n) is 5.74. The van der Waals surface area contributed by atoms with Gasteiger partial charge >= 0.3 is 0 Å². The minimum absolute atomic E-state index is 0.216. The molecule has 0 radical (unpaired) electrons. The summed E-state index contributed by atoms with van der Waals surface area (Å²) < 4.78 is 28.0. The van der Waals surface area contributed by atoms with Gasteiger partial charge in [-0.3, -0.25) is 0 Å². The van der Waals surface area contributed by atoms with Crippen molar-refractivity contribution in [1.29, 1.82) is 0 Å². The molecule has 0 amide bonds. The number of rotatable bonds is 5. The van der Waals surface area contributed by atoms with E-state index in [1.807, 2.05) is 58.0 Å². The number of hydrogen-bond acceptors (Lipinski definition) is 2. The Hall–Kier alpha value is -1.65. The predicted octanol–water partition coefficient (Wildman–Crippen LogP) is 4.04. The van der Waals surface area contributed by atoms with Gasteiger partial charge in [0, 0.05) is 6.04 Å². The van der Waals surface area contributed by atoms with Crippen LogP contribution in [0.15, 0.2) is 47.4 Å². The molecular weight excluding hydrogens is 294 g/mol. The maximum atomic E-state index is 12.6. The van der Waals surface area contributed by atoms with Crippen molar-refractivity contribution < 1.29 is 8.42 Å². The molecule has 1 N–H and O–H groups in total. The molecular formula is C18H23NO2S. The van der Waals surface area contributed by atoms with Crippen molar-refractivity contribution in [1.82, 2.24) is 4.72 Å². The highest BCUT2D eigenvalue weighted by Gasteiger charge is 2.20. The molecule has 2 aromatic rings. The Bertz CT molecular complexity index is 749. The first kappa shape index (κ1) is 16.7. The molecule has 4 heteroatoms. The second-order valence-corrected chi connectivity index (χ2v) is 7.45.